The lowest BCUT2D eigenvalue weighted by atomic mass is 9.96. The van der Waals surface area contributed by atoms with Gasteiger partial charge in [-0.1, -0.05) is 74.5 Å². The van der Waals surface area contributed by atoms with Crippen LogP contribution in [0.15, 0.2) is 130 Å². The number of nitrogens with two attached hydrogens (primary N) is 1. The summed E-state index contributed by atoms with van der Waals surface area (Å²) >= 11 is 2.94. The number of anilines is 1. The number of methoxy groups -OCH3 is 4. The van der Waals surface area contributed by atoms with Crippen LogP contribution in [0.4, 0.5) is 5.82 Å². The van der Waals surface area contributed by atoms with Gasteiger partial charge in [0.15, 0.2) is 38.4 Å². The first kappa shape index (κ1) is 43.6. The summed E-state index contributed by atoms with van der Waals surface area (Å²) in [6, 6.07) is 32.3. The molecule has 4 heterocycles. The Morgan fingerprint density at radius 3 is 1.82 bits per heavy atom. The van der Waals surface area contributed by atoms with E-state index >= 15 is 0 Å². The highest BCUT2D eigenvalue weighted by atomic mass is 32.2. The molecule has 8 aromatic rings. The number of benzene rings is 4. The number of fused-ring (bicyclic) bond motifs is 2. The van der Waals surface area contributed by atoms with Crippen molar-refractivity contribution in [3.05, 3.63) is 126 Å². The Morgan fingerprint density at radius 1 is 0.677 bits per heavy atom. The van der Waals surface area contributed by atoms with Crippen LogP contribution in [0.5, 0.6) is 23.0 Å². The first-order valence-corrected chi connectivity index (χ1v) is 21.8. The summed E-state index contributed by atoms with van der Waals surface area (Å²) in [4.78, 5) is 27.5. The van der Waals surface area contributed by atoms with Gasteiger partial charge in [0, 0.05) is 24.9 Å². The Balaban J connectivity index is 0.000000186. The summed E-state index contributed by atoms with van der Waals surface area (Å²) in [5.41, 5.74) is 11.5. The molecule has 0 spiro atoms. The molecule has 4 aromatic heterocycles. The summed E-state index contributed by atoms with van der Waals surface area (Å²) in [6.45, 7) is 5.84. The van der Waals surface area contributed by atoms with Crippen molar-refractivity contribution in [2.45, 2.75) is 71.7 Å². The molecule has 0 aliphatic rings. The molecule has 0 saturated carbocycles. The molecule has 0 aliphatic carbocycles. The molecule has 4 N–H and O–H groups in total. The van der Waals surface area contributed by atoms with Gasteiger partial charge in [-0.2, -0.15) is 0 Å². The summed E-state index contributed by atoms with van der Waals surface area (Å²) in [5.74, 6) is 3.99. The van der Waals surface area contributed by atoms with E-state index in [9.17, 15) is 0 Å². The van der Waals surface area contributed by atoms with Crippen LogP contribution < -0.4 is 30.2 Å². The second-order valence-electron chi connectivity index (χ2n) is 14.2. The summed E-state index contributed by atoms with van der Waals surface area (Å²) in [5, 5.41) is 9.69. The lowest BCUT2D eigenvalue weighted by Crippen LogP contribution is -2.16. The molecule has 2 unspecified atom stereocenters. The fourth-order valence-corrected chi connectivity index (χ4v) is 9.05. The van der Waals surface area contributed by atoms with E-state index < -0.39 is 0 Å². The van der Waals surface area contributed by atoms with Crippen LogP contribution in [0.1, 0.15) is 49.7 Å². The maximum absolute atomic E-state index is 8.24. The predicted octanol–water partition coefficient (Wildman–Crippen LogP) is 9.37. The first-order chi connectivity index (χ1) is 30.3. The Morgan fingerprint density at radius 2 is 1.26 bits per heavy atom. The van der Waals surface area contributed by atoms with E-state index in [1.807, 2.05) is 53.1 Å². The van der Waals surface area contributed by atoms with Crippen LogP contribution in [0.25, 0.3) is 22.3 Å². The third kappa shape index (κ3) is 9.82. The Kier molecular flexibility index (Phi) is 14.3. The lowest BCUT2D eigenvalue weighted by molar-refractivity contribution is 0.394. The van der Waals surface area contributed by atoms with Crippen molar-refractivity contribution < 1.29 is 18.9 Å². The van der Waals surface area contributed by atoms with Crippen LogP contribution in [-0.2, 0) is 13.1 Å². The minimum Gasteiger partial charge on any atom is -0.497 e. The number of imidazole rings is 2. The van der Waals surface area contributed by atoms with Gasteiger partial charge >= 0.3 is 0 Å². The minimum atomic E-state index is 0.177. The molecule has 0 fully saturated rings. The van der Waals surface area contributed by atoms with Gasteiger partial charge in [0.2, 0.25) is 0 Å². The van der Waals surface area contributed by atoms with E-state index in [-0.39, 0.29) is 5.49 Å². The average Bonchev–Trinajstić information content (AvgIpc) is 3.91. The molecule has 0 saturated heterocycles. The number of H-pyrrole nitrogens is 1. The Hall–Kier alpha value is -6.52. The van der Waals surface area contributed by atoms with Crippen LogP contribution >= 0.6 is 23.5 Å². The van der Waals surface area contributed by atoms with E-state index in [0.29, 0.717) is 33.8 Å². The number of aromatic amines is 1. The third-order valence-electron chi connectivity index (χ3n) is 10.5. The molecule has 0 radical (unpaired) electrons. The number of nitrogens with one attached hydrogen (secondary N) is 2. The van der Waals surface area contributed by atoms with Crippen molar-refractivity contribution in [1.29, 1.82) is 5.41 Å². The molecule has 8 rings (SSSR count). The topological polar surface area (TPSA) is 177 Å². The standard InChI is InChI=1S/2C23H25N5O2S/c1-4-15(16-8-6-5-7-9-16)13-28-14-25-21(24)20-22(28)27-23(26-20)31-19-12-17(29-2)10-11-18(19)30-3;1-4-15(16-8-6-5-7-9-16)13-28-22-20(21(24)25-14-26-22)27-23(28)31-19-12-17(29-2)10-11-18(19)30-3/h5-12,14-15,24H,4,13H2,1-3H3,(H,26,27);5-12,14-15H,4,13H2,1-3H3,(H2,24,25,26). The van der Waals surface area contributed by atoms with Crippen molar-refractivity contribution in [1.82, 2.24) is 39.0 Å². The van der Waals surface area contributed by atoms with E-state index in [4.69, 9.17) is 40.1 Å². The van der Waals surface area contributed by atoms with Gasteiger partial charge < -0.3 is 38.8 Å². The maximum Gasteiger partial charge on any atom is 0.175 e. The van der Waals surface area contributed by atoms with Gasteiger partial charge in [0.05, 0.1) is 44.6 Å². The molecule has 320 valence electrons. The number of aromatic nitrogens is 8. The van der Waals surface area contributed by atoms with E-state index in [1.165, 1.54) is 41.0 Å². The van der Waals surface area contributed by atoms with E-state index in [1.54, 1.807) is 34.8 Å². The molecular formula is C46H50N10O4S2. The maximum atomic E-state index is 8.24. The van der Waals surface area contributed by atoms with Crippen molar-refractivity contribution in [2.75, 3.05) is 34.2 Å². The minimum absolute atomic E-state index is 0.177. The fraction of sp³-hybridized carbons (Fsp3) is 0.261. The second kappa shape index (κ2) is 20.4. The highest BCUT2D eigenvalue weighted by molar-refractivity contribution is 7.99. The number of hydrogen-bond donors (Lipinski definition) is 3. The van der Waals surface area contributed by atoms with E-state index in [0.717, 1.165) is 75.2 Å². The largest absolute Gasteiger partial charge is 0.497 e. The SMILES string of the molecule is CCC(Cn1c(Sc2cc(OC)ccc2OC)nc2c(N)ncnc21)c1ccccc1.CCC(Cn1cnc(=N)c2[nH]c(Sc3cc(OC)ccc3OC)nc21)c1ccccc1. The van der Waals surface area contributed by atoms with Crippen LogP contribution in [0, 0.1) is 5.41 Å². The third-order valence-corrected chi connectivity index (χ3v) is 12.5. The summed E-state index contributed by atoms with van der Waals surface area (Å²) < 4.78 is 25.9. The van der Waals surface area contributed by atoms with Crippen LogP contribution in [0.2, 0.25) is 0 Å². The number of ether oxygens (including phenoxy) is 4. The van der Waals surface area contributed by atoms with Crippen molar-refractivity contribution in [2.24, 2.45) is 0 Å². The van der Waals surface area contributed by atoms with Gasteiger partial charge in [-0.05, 0) is 83.9 Å². The smallest absolute Gasteiger partial charge is 0.175 e. The monoisotopic (exact) mass is 870 g/mol. The highest BCUT2D eigenvalue weighted by Crippen LogP contribution is 2.40. The number of nitrogens with zero attached hydrogens (tertiary/aromatic N) is 7. The normalized spacial score (nSPS) is 12.1. The zero-order valence-electron chi connectivity index (χ0n) is 35.5. The second-order valence-corrected chi connectivity index (χ2v) is 16.2. The Labute approximate surface area is 368 Å². The average molecular weight is 871 g/mol. The number of nitrogen functional groups attached to an aromatic ring is 1. The quantitative estimate of drug-likeness (QED) is 0.0840. The first-order valence-electron chi connectivity index (χ1n) is 20.1. The zero-order valence-corrected chi connectivity index (χ0v) is 37.2. The van der Waals surface area contributed by atoms with Crippen LogP contribution in [0.3, 0.4) is 0 Å². The van der Waals surface area contributed by atoms with Crippen molar-refractivity contribution in [3.63, 3.8) is 0 Å². The van der Waals surface area contributed by atoms with Gasteiger partial charge in [-0.15, -0.1) is 0 Å². The van der Waals surface area contributed by atoms with Crippen LogP contribution in [-0.4, -0.2) is 67.5 Å². The molecule has 4 aromatic carbocycles. The van der Waals surface area contributed by atoms with Gasteiger partial charge in [0.25, 0.3) is 0 Å². The predicted molar refractivity (Wildman–Crippen MR) is 244 cm³/mol. The molecule has 16 heteroatoms. The van der Waals surface area contributed by atoms with Gasteiger partial charge in [-0.3, -0.25) is 5.41 Å². The lowest BCUT2D eigenvalue weighted by Gasteiger charge is -2.18. The molecule has 0 aliphatic heterocycles. The summed E-state index contributed by atoms with van der Waals surface area (Å²) in [6.07, 6.45) is 5.17. The highest BCUT2D eigenvalue weighted by Gasteiger charge is 2.22. The zero-order chi connectivity index (χ0) is 43.6. The molecule has 2 atom stereocenters. The van der Waals surface area contributed by atoms with E-state index in [2.05, 4.69) is 86.9 Å². The fourth-order valence-electron chi connectivity index (χ4n) is 7.10. The molecule has 0 amide bonds. The number of hydrogen-bond acceptors (Lipinski definition) is 13. The van der Waals surface area contributed by atoms with Crippen molar-refractivity contribution in [3.8, 4) is 23.0 Å². The molecule has 14 nitrogen and oxygen atoms in total. The van der Waals surface area contributed by atoms with Gasteiger partial charge in [-0.25, -0.2) is 24.9 Å². The van der Waals surface area contributed by atoms with Crippen molar-refractivity contribution >= 4 is 51.7 Å². The molecule has 62 heavy (non-hydrogen) atoms. The summed E-state index contributed by atoms with van der Waals surface area (Å²) in [7, 11) is 6.57. The molecular weight excluding hydrogens is 821 g/mol. The van der Waals surface area contributed by atoms with Gasteiger partial charge in [0.1, 0.15) is 34.8 Å². The Bertz CT molecular complexity index is 2800. The molecule has 0 bridgehead atoms. The number of rotatable bonds is 16.